The standard InChI is InChI=1S/C67H99N2O21P/c1-11-12-13-14-15-16-17-18-19-20-21-22-23-30-35-53(73)82-41-49(42-85-91(80,81)84-37-36-69(8,9)10)87-54(74)40-68-56(47-31-26-24-27-32-47)57(75)63(78)88-50-39-67(79)61(89-62(77)48-33-28-25-29-34-48)59-65(7,51(72)38-52-66(59,43-83-52)90-46(4)71)60(76)58(86-45(3)70)55(44(50)2)64(67,5)6/h24-29,31-34,49-52,56-59,61,68,72,75,79H,11-23,30,35-43H2,1-10H3/p+1/t49-,50-,51-,52+,56?,57+,58+,59?,61?,65+,66-,67+/m0/s1. The van der Waals surface area contributed by atoms with Crippen LogP contribution in [0, 0.1) is 16.7 Å². The molecule has 3 aliphatic carbocycles. The van der Waals surface area contributed by atoms with Gasteiger partial charge in [-0.2, -0.15) is 0 Å². The van der Waals surface area contributed by atoms with Crippen molar-refractivity contribution >= 4 is 49.4 Å². The summed E-state index contributed by atoms with van der Waals surface area (Å²) >= 11 is 0. The van der Waals surface area contributed by atoms with Crippen molar-refractivity contribution in [3.05, 3.63) is 82.9 Å². The van der Waals surface area contributed by atoms with Crippen LogP contribution in [0.2, 0.25) is 0 Å². The van der Waals surface area contributed by atoms with E-state index in [-0.39, 0.29) is 48.3 Å². The molecule has 2 saturated carbocycles. The number of nitrogens with one attached hydrogen (secondary N) is 1. The zero-order valence-corrected chi connectivity index (χ0v) is 55.8. The van der Waals surface area contributed by atoms with E-state index in [1.807, 2.05) is 21.1 Å². The molecule has 1 saturated heterocycles. The number of ether oxygens (including phenoxy) is 7. The predicted molar refractivity (Wildman–Crippen MR) is 332 cm³/mol. The number of hydrogen-bond donors (Lipinski definition) is 5. The number of Topliss-reactive ketones (excluding diaryl/α,β-unsaturated/α-hetero) is 1. The van der Waals surface area contributed by atoms with Crippen LogP contribution < -0.4 is 5.32 Å². The molecular formula is C67H100N2O21P+. The van der Waals surface area contributed by atoms with Crippen LogP contribution in [-0.2, 0) is 75.5 Å². The first-order valence-corrected chi connectivity index (χ1v) is 33.8. The van der Waals surface area contributed by atoms with Crippen LogP contribution in [0.25, 0.3) is 0 Å². The van der Waals surface area contributed by atoms with Crippen molar-refractivity contribution in [3.8, 4) is 0 Å². The highest BCUT2D eigenvalue weighted by molar-refractivity contribution is 7.47. The van der Waals surface area contributed by atoms with Crippen molar-refractivity contribution in [3.63, 3.8) is 0 Å². The Morgan fingerprint density at radius 2 is 1.36 bits per heavy atom. The van der Waals surface area contributed by atoms with E-state index in [2.05, 4.69) is 12.2 Å². The summed E-state index contributed by atoms with van der Waals surface area (Å²) in [4.78, 5) is 109. The number of aliphatic hydroxyl groups excluding tert-OH is 2. The van der Waals surface area contributed by atoms with Gasteiger partial charge in [0.1, 0.15) is 43.7 Å². The maximum Gasteiger partial charge on any atom is 0.472 e. The number of likely N-dealkylation sites (N-methyl/N-ethyl adjacent to an activating group) is 1. The van der Waals surface area contributed by atoms with Crippen LogP contribution in [0.3, 0.4) is 0 Å². The molecule has 2 aromatic carbocycles. The Kier molecular flexibility index (Phi) is 27.1. The first kappa shape index (κ1) is 74.6. The molecule has 1 aliphatic heterocycles. The monoisotopic (exact) mass is 1300 g/mol. The number of phosphoric ester groups is 1. The maximum absolute atomic E-state index is 15.7. The number of rotatable bonds is 36. The number of carbonyl (C=O) groups excluding carboxylic acids is 7. The van der Waals surface area contributed by atoms with Gasteiger partial charge in [0.05, 0.1) is 69.9 Å². The molecule has 4 aliphatic rings. The van der Waals surface area contributed by atoms with Gasteiger partial charge in [-0.05, 0) is 49.1 Å². The normalized spacial score (nSPS) is 26.8. The van der Waals surface area contributed by atoms with E-state index in [9.17, 15) is 53.5 Å². The van der Waals surface area contributed by atoms with Crippen LogP contribution in [0.5, 0.6) is 0 Å². The lowest BCUT2D eigenvalue weighted by Gasteiger charge is -2.67. The van der Waals surface area contributed by atoms with Gasteiger partial charge < -0.3 is 57.9 Å². The van der Waals surface area contributed by atoms with Crippen molar-refractivity contribution in [1.29, 1.82) is 0 Å². The minimum Gasteiger partial charge on any atom is -0.462 e. The highest BCUT2D eigenvalue weighted by Gasteiger charge is 2.78. The molecule has 0 amide bonds. The number of nitrogens with zero attached hydrogens (tertiary/aromatic N) is 1. The molecule has 0 spiro atoms. The van der Waals surface area contributed by atoms with Gasteiger partial charge in [0, 0.05) is 38.5 Å². The second-order valence-corrected chi connectivity index (χ2v) is 28.1. The fraction of sp³-hybridized carbons (Fsp3) is 0.687. The fourth-order valence-electron chi connectivity index (χ4n) is 13.3. The van der Waals surface area contributed by atoms with Gasteiger partial charge in [0.15, 0.2) is 29.7 Å². The van der Waals surface area contributed by atoms with Gasteiger partial charge in [-0.3, -0.25) is 38.3 Å². The molecule has 2 aromatic rings. The average Bonchev–Trinajstić information content (AvgIpc) is 0.671. The summed E-state index contributed by atoms with van der Waals surface area (Å²) in [7, 11) is 0.863. The molecule has 1 heterocycles. The minimum absolute atomic E-state index is 0.0262. The molecule has 23 nitrogen and oxygen atoms in total. The third-order valence-electron chi connectivity index (χ3n) is 18.5. The third kappa shape index (κ3) is 19.1. The van der Waals surface area contributed by atoms with Crippen molar-refractivity contribution in [2.75, 3.05) is 60.7 Å². The molecule has 4 unspecified atom stereocenters. The van der Waals surface area contributed by atoms with Gasteiger partial charge in [-0.1, -0.05) is 153 Å². The lowest BCUT2D eigenvalue weighted by Crippen LogP contribution is -2.82. The van der Waals surface area contributed by atoms with Gasteiger partial charge in [-0.15, -0.1) is 0 Å². The molecule has 6 rings (SSSR count). The van der Waals surface area contributed by atoms with Gasteiger partial charge in [-0.25, -0.2) is 14.2 Å². The SMILES string of the molecule is CCCCCCCCCCCCCCCCC(=O)OC[C@@H](COP(=O)(O)OCC[N+](C)(C)C)OC(=O)CNC(c1ccccc1)[C@@H](O)C(=O)O[C@H]1C[C@@]2(O)C(OC(=O)c3ccccc3)C3[C@](C)(C(=O)[C@H](OC(C)=O)C(=C1C)C2(C)C)[C@@H](O)C[C@H]1OC[C@@]31OC(C)=O. The number of unbranched alkanes of at least 4 members (excludes halogenated alkanes) is 13. The molecule has 5 N–H and O–H groups in total. The first-order chi connectivity index (χ1) is 42.9. The molecule has 2 bridgehead atoms. The van der Waals surface area contributed by atoms with Crippen LogP contribution in [0.15, 0.2) is 71.8 Å². The van der Waals surface area contributed by atoms with Crippen molar-refractivity contribution < 1.29 is 105 Å². The maximum atomic E-state index is 15.7. The average molecular weight is 1300 g/mol. The second-order valence-electron chi connectivity index (χ2n) is 26.6. The zero-order valence-electron chi connectivity index (χ0n) is 54.9. The quantitative estimate of drug-likeness (QED) is 0.0108. The van der Waals surface area contributed by atoms with E-state index >= 15 is 4.79 Å². The Balaban J connectivity index is 1.22. The third-order valence-corrected chi connectivity index (χ3v) is 19.5. The van der Waals surface area contributed by atoms with E-state index in [4.69, 9.17) is 42.2 Å². The predicted octanol–water partition coefficient (Wildman–Crippen LogP) is 8.06. The number of fused-ring (bicyclic) bond motifs is 5. The molecule has 0 radical (unpaired) electrons. The van der Waals surface area contributed by atoms with E-state index in [0.29, 0.717) is 17.4 Å². The molecule has 91 heavy (non-hydrogen) atoms. The Hall–Kier alpha value is -5.46. The van der Waals surface area contributed by atoms with Gasteiger partial charge in [0.25, 0.3) is 0 Å². The number of aliphatic hydroxyl groups is 3. The van der Waals surface area contributed by atoms with E-state index < -0.39 is 152 Å². The number of carbonyl (C=O) groups is 7. The van der Waals surface area contributed by atoms with Crippen molar-refractivity contribution in [1.82, 2.24) is 5.32 Å². The summed E-state index contributed by atoms with van der Waals surface area (Å²) in [6, 6.07) is 14.3. The van der Waals surface area contributed by atoms with Crippen LogP contribution in [0.1, 0.15) is 180 Å². The largest absolute Gasteiger partial charge is 0.472 e. The Morgan fingerprint density at radius 3 is 1.91 bits per heavy atom. The van der Waals surface area contributed by atoms with E-state index in [1.165, 1.54) is 97.6 Å². The molecule has 0 aromatic heterocycles. The van der Waals surface area contributed by atoms with Gasteiger partial charge in [0.2, 0.25) is 0 Å². The lowest BCUT2D eigenvalue weighted by atomic mass is 9.44. The minimum atomic E-state index is -4.72. The summed E-state index contributed by atoms with van der Waals surface area (Å²) in [6.45, 7) is 8.14. The molecule has 3 fully saturated rings. The van der Waals surface area contributed by atoms with Crippen LogP contribution in [0.4, 0.5) is 0 Å². The number of ketones is 1. The number of phosphoric acid groups is 1. The Labute approximate surface area is 535 Å². The second kappa shape index (κ2) is 33.1. The zero-order chi connectivity index (χ0) is 67.0. The number of benzene rings is 2. The highest BCUT2D eigenvalue weighted by Crippen LogP contribution is 2.64. The van der Waals surface area contributed by atoms with Crippen molar-refractivity contribution in [2.24, 2.45) is 16.7 Å². The van der Waals surface area contributed by atoms with Crippen LogP contribution in [-0.4, -0.2) is 181 Å². The first-order valence-electron chi connectivity index (χ1n) is 32.3. The van der Waals surface area contributed by atoms with Crippen molar-refractivity contribution in [2.45, 2.75) is 218 Å². The summed E-state index contributed by atoms with van der Waals surface area (Å²) in [6.07, 6.45) is 3.38. The summed E-state index contributed by atoms with van der Waals surface area (Å²) in [5.74, 6) is -8.21. The summed E-state index contributed by atoms with van der Waals surface area (Å²) < 4.78 is 65.6. The topological polar surface area (TPSA) is 313 Å². The van der Waals surface area contributed by atoms with Crippen LogP contribution >= 0.6 is 7.82 Å². The summed E-state index contributed by atoms with van der Waals surface area (Å²) in [5, 5.41) is 41.1. The number of quaternary nitrogens is 1. The number of esters is 6. The lowest BCUT2D eigenvalue weighted by molar-refractivity contribution is -0.870. The summed E-state index contributed by atoms with van der Waals surface area (Å²) in [5.41, 5.74) is -7.87. The van der Waals surface area contributed by atoms with E-state index in [1.54, 1.807) is 48.5 Å². The van der Waals surface area contributed by atoms with Gasteiger partial charge >= 0.3 is 43.6 Å². The molecule has 508 valence electrons. The molecular weight excluding hydrogens is 1200 g/mol. The molecule has 24 heteroatoms. The fourth-order valence-corrected chi connectivity index (χ4v) is 14.1. The Bertz CT molecular complexity index is 2860. The van der Waals surface area contributed by atoms with E-state index in [0.717, 1.165) is 39.5 Å². The molecule has 13 atom stereocenters. The highest BCUT2D eigenvalue weighted by atomic mass is 31.2. The smallest absolute Gasteiger partial charge is 0.462 e. The number of hydrogen-bond acceptors (Lipinski definition) is 21. The Morgan fingerprint density at radius 1 is 0.780 bits per heavy atom.